The Morgan fingerprint density at radius 1 is 1.43 bits per heavy atom. The third-order valence-electron chi connectivity index (χ3n) is 3.94. The van der Waals surface area contributed by atoms with E-state index in [0.717, 1.165) is 43.0 Å². The minimum atomic E-state index is -0.0855. The number of anilines is 2. The van der Waals surface area contributed by atoms with Crippen molar-refractivity contribution >= 4 is 17.3 Å². The molecule has 1 saturated heterocycles. The summed E-state index contributed by atoms with van der Waals surface area (Å²) in [5.74, 6) is 1.51. The van der Waals surface area contributed by atoms with Crippen molar-refractivity contribution in [1.82, 2.24) is 10.1 Å². The lowest BCUT2D eigenvalue weighted by Crippen LogP contribution is -2.23. The normalized spacial score (nSPS) is 15.9. The lowest BCUT2D eigenvalue weighted by molar-refractivity contribution is -0.117. The summed E-state index contributed by atoms with van der Waals surface area (Å²) in [6.07, 6.45) is 3.38. The van der Waals surface area contributed by atoms with Crippen LogP contribution in [-0.4, -0.2) is 22.6 Å². The Bertz CT molecular complexity index is 683. The summed E-state index contributed by atoms with van der Waals surface area (Å²) in [7, 11) is 0. The maximum Gasteiger partial charge on any atom is 0.248 e. The Balaban J connectivity index is 1.70. The first-order chi connectivity index (χ1) is 11.2. The number of carbonyl (C=O) groups excluding carboxylic acids is 1. The smallest absolute Gasteiger partial charge is 0.248 e. The summed E-state index contributed by atoms with van der Waals surface area (Å²) in [6.45, 7) is 4.86. The average molecular weight is 314 g/mol. The molecule has 2 heterocycles. The highest BCUT2D eigenvalue weighted by molar-refractivity contribution is 5.95. The van der Waals surface area contributed by atoms with Gasteiger partial charge in [-0.25, -0.2) is 0 Å². The first-order valence-electron chi connectivity index (χ1n) is 8.17. The Kier molecular flexibility index (Phi) is 4.60. The van der Waals surface area contributed by atoms with Gasteiger partial charge in [-0.05, 0) is 38.0 Å². The number of carbonyl (C=O) groups is 1. The fraction of sp³-hybridized carbons (Fsp3) is 0.471. The van der Waals surface area contributed by atoms with Gasteiger partial charge in [-0.1, -0.05) is 18.1 Å². The zero-order valence-corrected chi connectivity index (χ0v) is 13.6. The molecule has 2 aromatic rings. The van der Waals surface area contributed by atoms with Crippen LogP contribution in [0.2, 0.25) is 0 Å². The van der Waals surface area contributed by atoms with E-state index in [-0.39, 0.29) is 11.9 Å². The van der Waals surface area contributed by atoms with Crippen LogP contribution in [0.15, 0.2) is 28.8 Å². The Morgan fingerprint density at radius 3 is 3.04 bits per heavy atom. The van der Waals surface area contributed by atoms with Gasteiger partial charge in [0.05, 0.1) is 0 Å². The molecule has 6 nitrogen and oxygen atoms in total. The van der Waals surface area contributed by atoms with Crippen LogP contribution in [0.4, 0.5) is 11.4 Å². The van der Waals surface area contributed by atoms with Crippen molar-refractivity contribution in [3.8, 4) is 0 Å². The Hall–Kier alpha value is -2.37. The van der Waals surface area contributed by atoms with Crippen LogP contribution in [0.3, 0.4) is 0 Å². The van der Waals surface area contributed by atoms with Crippen LogP contribution in [0.5, 0.6) is 0 Å². The zero-order chi connectivity index (χ0) is 16.2. The molecule has 1 fully saturated rings. The predicted molar refractivity (Wildman–Crippen MR) is 88.4 cm³/mol. The molecule has 1 aromatic carbocycles. The summed E-state index contributed by atoms with van der Waals surface area (Å²) in [4.78, 5) is 18.1. The lowest BCUT2D eigenvalue weighted by Gasteiger charge is -2.18. The van der Waals surface area contributed by atoms with Gasteiger partial charge in [0.2, 0.25) is 11.8 Å². The van der Waals surface area contributed by atoms with Gasteiger partial charge in [-0.3, -0.25) is 4.79 Å². The minimum absolute atomic E-state index is 0.0855. The molecule has 0 unspecified atom stereocenters. The van der Waals surface area contributed by atoms with E-state index in [1.54, 1.807) is 0 Å². The van der Waals surface area contributed by atoms with Crippen LogP contribution in [0.1, 0.15) is 50.9 Å². The van der Waals surface area contributed by atoms with Crippen LogP contribution in [-0.2, 0) is 11.2 Å². The van der Waals surface area contributed by atoms with Gasteiger partial charge >= 0.3 is 0 Å². The molecule has 0 saturated carbocycles. The van der Waals surface area contributed by atoms with Gasteiger partial charge in [0.15, 0.2) is 5.82 Å². The van der Waals surface area contributed by atoms with E-state index in [2.05, 4.69) is 22.4 Å². The van der Waals surface area contributed by atoms with E-state index >= 15 is 0 Å². The molecule has 0 aliphatic carbocycles. The average Bonchev–Trinajstić information content (AvgIpc) is 3.17. The molecule has 1 aromatic heterocycles. The van der Waals surface area contributed by atoms with Crippen molar-refractivity contribution in [3.05, 3.63) is 36.0 Å². The van der Waals surface area contributed by atoms with E-state index in [1.807, 2.05) is 36.1 Å². The molecule has 1 aliphatic rings. The largest absolute Gasteiger partial charge is 0.374 e. The zero-order valence-electron chi connectivity index (χ0n) is 13.6. The molecule has 1 N–H and O–H groups in total. The lowest BCUT2D eigenvalue weighted by atomic mass is 10.2. The van der Waals surface area contributed by atoms with E-state index in [4.69, 9.17) is 4.52 Å². The van der Waals surface area contributed by atoms with Crippen LogP contribution < -0.4 is 10.2 Å². The Labute approximate surface area is 135 Å². The number of nitrogens with zero attached hydrogens (tertiary/aromatic N) is 3. The van der Waals surface area contributed by atoms with Crippen molar-refractivity contribution in [3.63, 3.8) is 0 Å². The third kappa shape index (κ3) is 3.52. The summed E-state index contributed by atoms with van der Waals surface area (Å²) in [5, 5.41) is 7.34. The number of aromatic nitrogens is 2. The number of rotatable bonds is 6. The molecule has 0 spiro atoms. The van der Waals surface area contributed by atoms with Gasteiger partial charge in [0, 0.05) is 30.8 Å². The number of aryl methyl sites for hydroxylation is 1. The third-order valence-corrected chi connectivity index (χ3v) is 3.94. The molecule has 1 atom stereocenters. The first-order valence-corrected chi connectivity index (χ1v) is 8.17. The molecule has 122 valence electrons. The maximum atomic E-state index is 11.9. The molecule has 0 radical (unpaired) electrons. The second kappa shape index (κ2) is 6.81. The Morgan fingerprint density at radius 2 is 2.30 bits per heavy atom. The van der Waals surface area contributed by atoms with Crippen LogP contribution >= 0.6 is 0 Å². The van der Waals surface area contributed by atoms with Crippen molar-refractivity contribution < 1.29 is 9.32 Å². The van der Waals surface area contributed by atoms with E-state index in [0.29, 0.717) is 12.3 Å². The number of amides is 1. The molecular formula is C17H22N4O2. The summed E-state index contributed by atoms with van der Waals surface area (Å²) in [5.41, 5.74) is 1.87. The highest BCUT2D eigenvalue weighted by atomic mass is 16.5. The fourth-order valence-corrected chi connectivity index (χ4v) is 2.76. The summed E-state index contributed by atoms with van der Waals surface area (Å²) >= 11 is 0. The molecule has 1 amide bonds. The highest BCUT2D eigenvalue weighted by Gasteiger charge is 2.22. The summed E-state index contributed by atoms with van der Waals surface area (Å²) in [6, 6.07) is 7.79. The van der Waals surface area contributed by atoms with Gasteiger partial charge in [-0.15, -0.1) is 0 Å². The minimum Gasteiger partial charge on any atom is -0.374 e. The van der Waals surface area contributed by atoms with E-state index < -0.39 is 0 Å². The van der Waals surface area contributed by atoms with Crippen molar-refractivity contribution in [2.75, 3.05) is 16.8 Å². The van der Waals surface area contributed by atoms with Gasteiger partial charge in [0.25, 0.3) is 0 Å². The quantitative estimate of drug-likeness (QED) is 0.885. The van der Waals surface area contributed by atoms with Crippen molar-refractivity contribution in [2.24, 2.45) is 0 Å². The molecule has 6 heteroatoms. The molecule has 3 rings (SSSR count). The number of nitrogens with one attached hydrogen (secondary N) is 1. The maximum absolute atomic E-state index is 11.9. The van der Waals surface area contributed by atoms with E-state index in [9.17, 15) is 4.79 Å². The summed E-state index contributed by atoms with van der Waals surface area (Å²) < 4.78 is 5.31. The first kappa shape index (κ1) is 15.5. The number of benzene rings is 1. The molecule has 0 bridgehead atoms. The van der Waals surface area contributed by atoms with Gasteiger partial charge < -0.3 is 14.7 Å². The second-order valence-corrected chi connectivity index (χ2v) is 5.86. The standard InChI is InChI=1S/C17H22N4O2/c1-3-6-15-19-17(23-20-15)12(2)18-13-7-4-8-14(11-13)21-10-5-9-16(21)22/h4,7-8,11-12,18H,3,5-6,9-10H2,1-2H3/t12-/m1/s1. The monoisotopic (exact) mass is 314 g/mol. The van der Waals surface area contributed by atoms with Crippen molar-refractivity contribution in [2.45, 2.75) is 45.6 Å². The fourth-order valence-electron chi connectivity index (χ4n) is 2.76. The predicted octanol–water partition coefficient (Wildman–Crippen LogP) is 3.32. The highest BCUT2D eigenvalue weighted by Crippen LogP contribution is 2.26. The van der Waals surface area contributed by atoms with E-state index in [1.165, 1.54) is 0 Å². The van der Waals surface area contributed by atoms with Gasteiger partial charge in [-0.2, -0.15) is 4.98 Å². The number of hydrogen-bond donors (Lipinski definition) is 1. The SMILES string of the molecule is CCCc1noc([C@@H](C)Nc2cccc(N3CCCC3=O)c2)n1. The van der Waals surface area contributed by atoms with Crippen molar-refractivity contribution in [1.29, 1.82) is 0 Å². The molecule has 23 heavy (non-hydrogen) atoms. The number of hydrogen-bond acceptors (Lipinski definition) is 5. The topological polar surface area (TPSA) is 71.3 Å². The van der Waals surface area contributed by atoms with Gasteiger partial charge in [0.1, 0.15) is 6.04 Å². The molecular weight excluding hydrogens is 292 g/mol. The molecule has 1 aliphatic heterocycles. The van der Waals surface area contributed by atoms with Crippen LogP contribution in [0.25, 0.3) is 0 Å². The second-order valence-electron chi connectivity index (χ2n) is 5.86. The van der Waals surface area contributed by atoms with Crippen LogP contribution in [0, 0.1) is 0 Å².